The van der Waals surface area contributed by atoms with Gasteiger partial charge in [-0.15, -0.1) is 0 Å². The number of hydrogen-bond donors (Lipinski definition) is 1. The van der Waals surface area contributed by atoms with Crippen molar-refractivity contribution in [3.63, 3.8) is 0 Å². The van der Waals surface area contributed by atoms with Crippen LogP contribution in [0.15, 0.2) is 48.8 Å². The third-order valence-electron chi connectivity index (χ3n) is 7.88. The van der Waals surface area contributed by atoms with E-state index < -0.39 is 5.97 Å². The lowest BCUT2D eigenvalue weighted by molar-refractivity contribution is -0.697. The minimum absolute atomic E-state index is 0.0164. The Bertz CT molecular complexity index is 974. The normalized spacial score (nSPS) is 11.0. The van der Waals surface area contributed by atoms with Gasteiger partial charge in [0.25, 0.3) is 0 Å². The Morgan fingerprint density at radius 2 is 1.24 bits per heavy atom. The van der Waals surface area contributed by atoms with Crippen LogP contribution in [0.1, 0.15) is 151 Å². The van der Waals surface area contributed by atoms with Gasteiger partial charge in [0.05, 0.1) is 0 Å². The summed E-state index contributed by atoms with van der Waals surface area (Å²) in [4.78, 5) is 23.3. The molecule has 5 heteroatoms. The number of carbonyl (C=O) groups excluding carboxylic acids is 1. The molecule has 0 fully saturated rings. The number of rotatable bonds is 25. The van der Waals surface area contributed by atoms with Gasteiger partial charge in [0.2, 0.25) is 0 Å². The number of unbranched alkanes of at least 4 members (excludes halogenated alkanes) is 17. The fraction of sp³-hybridized carbons (Fsp3) is 0.639. The number of aryl methyl sites for hydroxylation is 2. The molecule has 1 N–H and O–H groups in total. The van der Waals surface area contributed by atoms with Crippen molar-refractivity contribution in [2.75, 3.05) is 0 Å². The number of carboxylic acid groups (broad SMARTS) is 1. The zero-order valence-corrected chi connectivity index (χ0v) is 25.8. The van der Waals surface area contributed by atoms with Gasteiger partial charge in [-0.3, -0.25) is 4.79 Å². The number of para-hydroxylation sites is 1. The number of benzene rings is 1. The third kappa shape index (κ3) is 17.0. The van der Waals surface area contributed by atoms with Gasteiger partial charge >= 0.3 is 11.9 Å². The maximum atomic E-state index is 12.1. The van der Waals surface area contributed by atoms with Crippen LogP contribution < -0.4 is 9.30 Å². The second-order valence-corrected chi connectivity index (χ2v) is 11.6. The van der Waals surface area contributed by atoms with Gasteiger partial charge in [-0.25, -0.2) is 9.36 Å². The highest BCUT2D eigenvalue weighted by atomic mass is 16.5. The zero-order chi connectivity index (χ0) is 29.4. The Morgan fingerprint density at radius 1 is 0.683 bits per heavy atom. The molecule has 0 aliphatic heterocycles. The molecule has 1 heterocycles. The lowest BCUT2D eigenvalue weighted by Crippen LogP contribution is -2.33. The van der Waals surface area contributed by atoms with E-state index in [1.165, 1.54) is 108 Å². The molecule has 5 nitrogen and oxygen atoms in total. The van der Waals surface area contributed by atoms with E-state index >= 15 is 0 Å². The first kappa shape index (κ1) is 34.5. The van der Waals surface area contributed by atoms with E-state index in [-0.39, 0.29) is 17.3 Å². The number of pyridine rings is 1. The number of carboxylic acids is 1. The minimum atomic E-state index is -1.09. The molecule has 2 aromatic rings. The molecule has 41 heavy (non-hydrogen) atoms. The van der Waals surface area contributed by atoms with Crippen LogP contribution in [0, 0.1) is 0 Å². The van der Waals surface area contributed by atoms with Gasteiger partial charge < -0.3 is 9.84 Å². The molecule has 0 aliphatic rings. The molecule has 0 atom stereocenters. The second-order valence-electron chi connectivity index (χ2n) is 11.6. The van der Waals surface area contributed by atoms with Crippen LogP contribution >= 0.6 is 0 Å². The van der Waals surface area contributed by atoms with Crippen molar-refractivity contribution in [2.45, 2.75) is 148 Å². The van der Waals surface area contributed by atoms with E-state index in [1.807, 2.05) is 0 Å². The number of nitrogens with zero attached hydrogens (tertiary/aromatic N) is 1. The van der Waals surface area contributed by atoms with Gasteiger partial charge in [-0.2, -0.15) is 0 Å². The van der Waals surface area contributed by atoms with Crippen molar-refractivity contribution < 1.29 is 24.0 Å². The van der Waals surface area contributed by atoms with E-state index in [1.54, 1.807) is 12.1 Å². The first-order chi connectivity index (χ1) is 20.1. The van der Waals surface area contributed by atoms with Gasteiger partial charge in [-0.1, -0.05) is 115 Å². The van der Waals surface area contributed by atoms with Crippen LogP contribution in [-0.2, 0) is 17.8 Å². The number of esters is 1. The molecule has 0 aliphatic carbocycles. The van der Waals surface area contributed by atoms with Crippen LogP contribution in [-0.4, -0.2) is 17.0 Å². The summed E-state index contributed by atoms with van der Waals surface area (Å²) in [6.45, 7) is 3.39. The molecule has 1 aromatic carbocycles. The molecule has 1 aromatic heterocycles. The van der Waals surface area contributed by atoms with E-state index in [9.17, 15) is 14.7 Å². The quantitative estimate of drug-likeness (QED) is 0.0562. The number of aromatic nitrogens is 1. The summed E-state index contributed by atoms with van der Waals surface area (Å²) in [5.74, 6) is -1.34. The smallest absolute Gasteiger partial charge is 0.339 e. The molecule has 0 bridgehead atoms. The van der Waals surface area contributed by atoms with Crippen molar-refractivity contribution in [1.82, 2.24) is 0 Å². The van der Waals surface area contributed by atoms with E-state index in [0.29, 0.717) is 6.42 Å². The highest BCUT2D eigenvalue weighted by Gasteiger charge is 2.13. The number of ether oxygens (including phenoxy) is 1. The fourth-order valence-corrected chi connectivity index (χ4v) is 5.39. The van der Waals surface area contributed by atoms with Crippen LogP contribution in [0.25, 0.3) is 0 Å². The Morgan fingerprint density at radius 3 is 1.88 bits per heavy atom. The lowest BCUT2D eigenvalue weighted by atomic mass is 10.0. The molecule has 0 spiro atoms. The van der Waals surface area contributed by atoms with Crippen LogP contribution in [0.2, 0.25) is 0 Å². The SMILES string of the molecule is CCCCCCCCCCCCCCCC[n+]1cccc(CCCCCCCC(=O)Oc2ccccc2C(=O)O)c1. The molecule has 2 rings (SSSR count). The summed E-state index contributed by atoms with van der Waals surface area (Å²) in [6, 6.07) is 10.7. The number of aromatic carboxylic acids is 1. The summed E-state index contributed by atoms with van der Waals surface area (Å²) in [6.07, 6.45) is 30.6. The summed E-state index contributed by atoms with van der Waals surface area (Å²) < 4.78 is 7.61. The standard InChI is InChI=1S/C36H55NO4/c1-2-3-4-5-6-7-8-9-10-11-12-13-17-22-29-37-30-23-25-32(31-37)24-18-15-14-16-19-28-35(38)41-34-27-21-20-26-33(34)36(39)40/h20-21,23,25-27,30-31H,2-19,22,24,28-29H2,1H3/p+1. The average Bonchev–Trinajstić information content (AvgIpc) is 2.97. The first-order valence-corrected chi connectivity index (χ1v) is 16.6. The van der Waals surface area contributed by atoms with Crippen molar-refractivity contribution in [3.8, 4) is 5.75 Å². The van der Waals surface area contributed by atoms with Crippen molar-refractivity contribution in [1.29, 1.82) is 0 Å². The molecule has 0 saturated heterocycles. The van der Waals surface area contributed by atoms with Gasteiger partial charge in [-0.05, 0) is 43.9 Å². The van der Waals surface area contributed by atoms with Crippen molar-refractivity contribution in [2.24, 2.45) is 0 Å². The van der Waals surface area contributed by atoms with Crippen LogP contribution in [0.3, 0.4) is 0 Å². The second kappa shape index (κ2) is 22.9. The topological polar surface area (TPSA) is 67.5 Å². The largest absolute Gasteiger partial charge is 0.478 e. The molecule has 0 radical (unpaired) electrons. The Hall–Kier alpha value is -2.69. The predicted molar refractivity (Wildman–Crippen MR) is 167 cm³/mol. The fourth-order valence-electron chi connectivity index (χ4n) is 5.39. The Kier molecular flexibility index (Phi) is 19.3. The van der Waals surface area contributed by atoms with Crippen molar-refractivity contribution in [3.05, 3.63) is 59.9 Å². The lowest BCUT2D eigenvalue weighted by Gasteiger charge is -2.07. The maximum absolute atomic E-state index is 12.1. The van der Waals surface area contributed by atoms with Crippen LogP contribution in [0.5, 0.6) is 5.75 Å². The highest BCUT2D eigenvalue weighted by Crippen LogP contribution is 2.19. The summed E-state index contributed by atoms with van der Waals surface area (Å²) >= 11 is 0. The third-order valence-corrected chi connectivity index (χ3v) is 7.88. The van der Waals surface area contributed by atoms with Crippen molar-refractivity contribution >= 4 is 11.9 Å². The minimum Gasteiger partial charge on any atom is -0.478 e. The number of hydrogen-bond acceptors (Lipinski definition) is 3. The van der Waals surface area contributed by atoms with Gasteiger partial charge in [0.15, 0.2) is 12.4 Å². The summed E-state index contributed by atoms with van der Waals surface area (Å²) in [5, 5.41) is 9.20. The first-order valence-electron chi connectivity index (χ1n) is 16.6. The molecule has 0 unspecified atom stereocenters. The van der Waals surface area contributed by atoms with Crippen LogP contribution in [0.4, 0.5) is 0 Å². The van der Waals surface area contributed by atoms with Gasteiger partial charge in [0, 0.05) is 24.5 Å². The monoisotopic (exact) mass is 566 g/mol. The number of carbonyl (C=O) groups is 2. The summed E-state index contributed by atoms with van der Waals surface area (Å²) in [7, 11) is 0. The molecule has 0 saturated carbocycles. The molecule has 228 valence electrons. The van der Waals surface area contributed by atoms with E-state index in [4.69, 9.17) is 4.74 Å². The summed E-state index contributed by atoms with van der Waals surface area (Å²) in [5.41, 5.74) is 1.42. The Balaban J connectivity index is 1.44. The van der Waals surface area contributed by atoms with E-state index in [2.05, 4.69) is 36.0 Å². The Labute approximate surface area is 249 Å². The molecular weight excluding hydrogens is 510 g/mol. The highest BCUT2D eigenvalue weighted by molar-refractivity contribution is 5.91. The van der Waals surface area contributed by atoms with E-state index in [0.717, 1.165) is 45.1 Å². The predicted octanol–water partition coefficient (Wildman–Crippen LogP) is 9.64. The average molecular weight is 567 g/mol. The van der Waals surface area contributed by atoms with Gasteiger partial charge in [0.1, 0.15) is 17.9 Å². The maximum Gasteiger partial charge on any atom is 0.339 e. The zero-order valence-electron chi connectivity index (χ0n) is 25.8. The molecule has 0 amide bonds. The molecular formula is C36H56NO4+.